The Bertz CT molecular complexity index is 365. The molecule has 0 spiro atoms. The van der Waals surface area contributed by atoms with E-state index in [1.54, 1.807) is 0 Å². The molecule has 19 heavy (non-hydrogen) atoms. The summed E-state index contributed by atoms with van der Waals surface area (Å²) in [7, 11) is 0. The summed E-state index contributed by atoms with van der Waals surface area (Å²) < 4.78 is 45.0. The molecule has 2 nitrogen and oxygen atoms in total. The molecule has 0 radical (unpaired) electrons. The van der Waals surface area contributed by atoms with Crippen LogP contribution in [0, 0.1) is 5.92 Å². The first-order chi connectivity index (χ1) is 8.90. The molecular weight excluding hydrogens is 281 g/mol. The van der Waals surface area contributed by atoms with Crippen molar-refractivity contribution >= 4 is 11.6 Å². The average molecular weight is 297 g/mol. The number of alkyl halides is 4. The van der Waals surface area contributed by atoms with Crippen LogP contribution in [0.5, 0.6) is 11.5 Å². The van der Waals surface area contributed by atoms with Crippen LogP contribution < -0.4 is 9.47 Å². The van der Waals surface area contributed by atoms with Crippen LogP contribution in [0.15, 0.2) is 24.3 Å². The van der Waals surface area contributed by atoms with E-state index < -0.39 is 6.36 Å². The van der Waals surface area contributed by atoms with E-state index in [2.05, 4.69) is 11.7 Å². The fraction of sp³-hybridized carbons (Fsp3) is 0.538. The van der Waals surface area contributed by atoms with Crippen molar-refractivity contribution in [3.8, 4) is 11.5 Å². The highest BCUT2D eigenvalue weighted by atomic mass is 35.5. The quantitative estimate of drug-likeness (QED) is 0.684. The zero-order valence-corrected chi connectivity index (χ0v) is 11.3. The summed E-state index contributed by atoms with van der Waals surface area (Å²) in [6.45, 7) is 2.59. The van der Waals surface area contributed by atoms with Crippen LogP contribution in [0.1, 0.15) is 19.8 Å². The molecule has 1 atom stereocenters. The van der Waals surface area contributed by atoms with Crippen LogP contribution in [0.4, 0.5) is 13.2 Å². The third-order valence-corrected chi connectivity index (χ3v) is 2.76. The number of halogens is 4. The van der Waals surface area contributed by atoms with Gasteiger partial charge in [-0.15, -0.1) is 24.8 Å². The minimum absolute atomic E-state index is 0.254. The summed E-state index contributed by atoms with van der Waals surface area (Å²) in [6, 6.07) is 5.36. The number of rotatable bonds is 7. The molecule has 0 aliphatic rings. The molecule has 0 aliphatic heterocycles. The smallest absolute Gasteiger partial charge is 0.494 e. The van der Waals surface area contributed by atoms with E-state index in [-0.39, 0.29) is 5.75 Å². The lowest BCUT2D eigenvalue weighted by Crippen LogP contribution is -2.17. The number of hydrogen-bond donors (Lipinski definition) is 0. The molecule has 108 valence electrons. The summed E-state index contributed by atoms with van der Waals surface area (Å²) in [5.41, 5.74) is 0. The molecule has 6 heteroatoms. The Morgan fingerprint density at radius 2 is 1.68 bits per heavy atom. The van der Waals surface area contributed by atoms with Gasteiger partial charge in [-0.2, -0.15) is 0 Å². The lowest BCUT2D eigenvalue weighted by Gasteiger charge is -2.12. The number of ether oxygens (including phenoxy) is 2. The summed E-state index contributed by atoms with van der Waals surface area (Å²) >= 11 is 5.62. The minimum atomic E-state index is -4.67. The van der Waals surface area contributed by atoms with Crippen molar-refractivity contribution in [2.75, 3.05) is 12.5 Å². The van der Waals surface area contributed by atoms with Gasteiger partial charge in [0.15, 0.2) is 0 Å². The monoisotopic (exact) mass is 296 g/mol. The lowest BCUT2D eigenvalue weighted by atomic mass is 10.1. The standard InChI is InChI=1S/C13H16ClF3O2/c1-10(6-8-14)7-9-18-11-2-4-12(5-3-11)19-13(15,16)17/h2-5,10H,6-9H2,1H3. The largest absolute Gasteiger partial charge is 0.573 e. The van der Waals surface area contributed by atoms with E-state index in [0.717, 1.165) is 12.8 Å². The van der Waals surface area contributed by atoms with Gasteiger partial charge in [0.25, 0.3) is 0 Å². The van der Waals surface area contributed by atoms with Crippen LogP contribution in [-0.2, 0) is 0 Å². The van der Waals surface area contributed by atoms with E-state index in [9.17, 15) is 13.2 Å². The molecule has 0 aromatic heterocycles. The van der Waals surface area contributed by atoms with Crippen LogP contribution in [0.2, 0.25) is 0 Å². The summed E-state index contributed by atoms with van der Waals surface area (Å²) in [4.78, 5) is 0. The van der Waals surface area contributed by atoms with Crippen molar-refractivity contribution in [3.05, 3.63) is 24.3 Å². The Balaban J connectivity index is 2.36. The van der Waals surface area contributed by atoms with E-state index in [1.807, 2.05) is 0 Å². The van der Waals surface area contributed by atoms with E-state index in [4.69, 9.17) is 16.3 Å². The van der Waals surface area contributed by atoms with Gasteiger partial charge in [0.1, 0.15) is 11.5 Å². The summed E-state index contributed by atoms with van der Waals surface area (Å²) in [5.74, 6) is 1.35. The molecule has 0 aliphatic carbocycles. The van der Waals surface area contributed by atoms with E-state index in [0.29, 0.717) is 24.2 Å². The molecular formula is C13H16ClF3O2. The zero-order chi connectivity index (χ0) is 14.3. The Labute approximate surface area is 115 Å². The molecule has 0 saturated carbocycles. The molecule has 0 heterocycles. The molecule has 0 fully saturated rings. The first-order valence-electron chi connectivity index (χ1n) is 5.95. The lowest BCUT2D eigenvalue weighted by molar-refractivity contribution is -0.274. The van der Waals surface area contributed by atoms with Crippen molar-refractivity contribution in [1.82, 2.24) is 0 Å². The highest BCUT2D eigenvalue weighted by Gasteiger charge is 2.30. The zero-order valence-electron chi connectivity index (χ0n) is 10.5. The topological polar surface area (TPSA) is 18.5 Å². The Morgan fingerprint density at radius 3 is 2.21 bits per heavy atom. The first-order valence-corrected chi connectivity index (χ1v) is 6.48. The second-order valence-corrected chi connectivity index (χ2v) is 4.62. The van der Waals surface area contributed by atoms with E-state index in [1.165, 1.54) is 24.3 Å². The Morgan fingerprint density at radius 1 is 1.11 bits per heavy atom. The number of benzene rings is 1. The van der Waals surface area contributed by atoms with Crippen LogP contribution >= 0.6 is 11.6 Å². The average Bonchev–Trinajstić information content (AvgIpc) is 2.30. The van der Waals surface area contributed by atoms with Gasteiger partial charge in [0.2, 0.25) is 0 Å². The normalized spacial score (nSPS) is 13.1. The predicted octanol–water partition coefficient (Wildman–Crippen LogP) is 4.62. The van der Waals surface area contributed by atoms with Crippen LogP contribution in [-0.4, -0.2) is 18.8 Å². The van der Waals surface area contributed by atoms with E-state index >= 15 is 0 Å². The minimum Gasteiger partial charge on any atom is -0.494 e. The van der Waals surface area contributed by atoms with Gasteiger partial charge in [0.05, 0.1) is 6.61 Å². The van der Waals surface area contributed by atoms with Crippen molar-refractivity contribution in [3.63, 3.8) is 0 Å². The fourth-order valence-corrected chi connectivity index (χ4v) is 1.82. The van der Waals surface area contributed by atoms with Gasteiger partial charge in [0, 0.05) is 5.88 Å². The van der Waals surface area contributed by atoms with Crippen molar-refractivity contribution in [2.45, 2.75) is 26.1 Å². The van der Waals surface area contributed by atoms with Gasteiger partial charge < -0.3 is 9.47 Å². The molecule has 1 rings (SSSR count). The Kier molecular flexibility index (Phi) is 6.28. The molecule has 0 amide bonds. The first kappa shape index (κ1) is 16.0. The molecule has 1 unspecified atom stereocenters. The van der Waals surface area contributed by atoms with Gasteiger partial charge >= 0.3 is 6.36 Å². The summed E-state index contributed by atoms with van der Waals surface area (Å²) in [6.07, 6.45) is -2.89. The fourth-order valence-electron chi connectivity index (χ4n) is 1.45. The van der Waals surface area contributed by atoms with Crippen molar-refractivity contribution in [1.29, 1.82) is 0 Å². The highest BCUT2D eigenvalue weighted by molar-refractivity contribution is 6.17. The molecule has 0 bridgehead atoms. The molecule has 1 aromatic rings. The second-order valence-electron chi connectivity index (χ2n) is 4.24. The third-order valence-electron chi connectivity index (χ3n) is 2.54. The molecule has 1 aromatic carbocycles. The van der Waals surface area contributed by atoms with Gasteiger partial charge in [-0.05, 0) is 43.0 Å². The SMILES string of the molecule is CC(CCCl)CCOc1ccc(OC(F)(F)F)cc1. The second kappa shape index (κ2) is 7.48. The maximum Gasteiger partial charge on any atom is 0.573 e. The van der Waals surface area contributed by atoms with Crippen molar-refractivity contribution in [2.24, 2.45) is 5.92 Å². The molecule has 0 N–H and O–H groups in total. The van der Waals surface area contributed by atoms with Gasteiger partial charge in [-0.3, -0.25) is 0 Å². The van der Waals surface area contributed by atoms with Gasteiger partial charge in [-0.25, -0.2) is 0 Å². The maximum absolute atomic E-state index is 11.9. The Hall–Kier alpha value is -1.10. The van der Waals surface area contributed by atoms with Crippen LogP contribution in [0.3, 0.4) is 0 Å². The van der Waals surface area contributed by atoms with Gasteiger partial charge in [-0.1, -0.05) is 6.92 Å². The predicted molar refractivity (Wildman–Crippen MR) is 67.7 cm³/mol. The summed E-state index contributed by atoms with van der Waals surface area (Å²) in [5, 5.41) is 0. The van der Waals surface area contributed by atoms with Crippen LogP contribution in [0.25, 0.3) is 0 Å². The maximum atomic E-state index is 11.9. The molecule has 0 saturated heterocycles. The third kappa shape index (κ3) is 7.15. The van der Waals surface area contributed by atoms with Crippen molar-refractivity contribution < 1.29 is 22.6 Å². The number of hydrogen-bond acceptors (Lipinski definition) is 2. The highest BCUT2D eigenvalue weighted by Crippen LogP contribution is 2.24.